The number of fused-ring (bicyclic) bond motifs is 4. The summed E-state index contributed by atoms with van der Waals surface area (Å²) in [6, 6.07) is 14.9. The fourth-order valence-electron chi connectivity index (χ4n) is 4.78. The molecule has 3 aromatic rings. The van der Waals surface area contributed by atoms with E-state index in [1.807, 2.05) is 6.07 Å². The summed E-state index contributed by atoms with van der Waals surface area (Å²) in [5.41, 5.74) is 5.12. The SMILES string of the molecule is Cc1c(-c2ccccc2)oc2c1CNC1(CCC(C)CC1)c1cccn1-2. The molecule has 2 aliphatic rings. The molecule has 0 amide bonds. The van der Waals surface area contributed by atoms with Crippen molar-refractivity contribution in [2.75, 3.05) is 0 Å². The number of furan rings is 1. The number of benzene rings is 1. The quantitative estimate of drug-likeness (QED) is 0.626. The van der Waals surface area contributed by atoms with Gasteiger partial charge in [0.25, 0.3) is 0 Å². The van der Waals surface area contributed by atoms with Crippen LogP contribution >= 0.6 is 0 Å². The van der Waals surface area contributed by atoms with Crippen LogP contribution in [0.2, 0.25) is 0 Å². The van der Waals surface area contributed by atoms with Gasteiger partial charge >= 0.3 is 0 Å². The van der Waals surface area contributed by atoms with E-state index in [-0.39, 0.29) is 5.54 Å². The molecule has 1 aliphatic carbocycles. The van der Waals surface area contributed by atoms with Crippen molar-refractivity contribution in [1.82, 2.24) is 9.88 Å². The monoisotopic (exact) mass is 346 g/mol. The molecular weight excluding hydrogens is 320 g/mol. The average molecular weight is 346 g/mol. The van der Waals surface area contributed by atoms with Gasteiger partial charge in [-0.3, -0.25) is 4.57 Å². The van der Waals surface area contributed by atoms with Crippen molar-refractivity contribution in [2.24, 2.45) is 5.92 Å². The van der Waals surface area contributed by atoms with Gasteiger partial charge in [-0.25, -0.2) is 0 Å². The highest BCUT2D eigenvalue weighted by Crippen LogP contribution is 2.44. The van der Waals surface area contributed by atoms with Crippen molar-refractivity contribution in [3.63, 3.8) is 0 Å². The van der Waals surface area contributed by atoms with E-state index in [4.69, 9.17) is 4.42 Å². The fourth-order valence-corrected chi connectivity index (χ4v) is 4.78. The lowest BCUT2D eigenvalue weighted by Gasteiger charge is -2.40. The molecule has 3 heterocycles. The van der Waals surface area contributed by atoms with Crippen LogP contribution in [0.15, 0.2) is 53.1 Å². The van der Waals surface area contributed by atoms with Crippen molar-refractivity contribution < 1.29 is 4.42 Å². The van der Waals surface area contributed by atoms with Gasteiger partial charge in [0.1, 0.15) is 5.76 Å². The van der Waals surface area contributed by atoms with E-state index in [9.17, 15) is 0 Å². The molecule has 1 fully saturated rings. The Kier molecular flexibility index (Phi) is 3.61. The number of nitrogens with one attached hydrogen (secondary N) is 1. The van der Waals surface area contributed by atoms with Gasteiger partial charge < -0.3 is 9.73 Å². The molecule has 1 aliphatic heterocycles. The Balaban J connectivity index is 1.64. The van der Waals surface area contributed by atoms with Crippen LogP contribution in [-0.4, -0.2) is 4.57 Å². The molecule has 2 aromatic heterocycles. The molecule has 3 nitrogen and oxygen atoms in total. The Morgan fingerprint density at radius 2 is 1.85 bits per heavy atom. The Bertz CT molecular complexity index is 927. The van der Waals surface area contributed by atoms with Crippen molar-refractivity contribution in [1.29, 1.82) is 0 Å². The zero-order chi connectivity index (χ0) is 17.7. The lowest BCUT2D eigenvalue weighted by Crippen LogP contribution is -2.44. The Morgan fingerprint density at radius 3 is 2.62 bits per heavy atom. The Morgan fingerprint density at radius 1 is 1.08 bits per heavy atom. The molecule has 134 valence electrons. The third-order valence-corrected chi connectivity index (χ3v) is 6.48. The summed E-state index contributed by atoms with van der Waals surface area (Å²) >= 11 is 0. The van der Waals surface area contributed by atoms with Crippen molar-refractivity contribution in [3.8, 4) is 17.2 Å². The summed E-state index contributed by atoms with van der Waals surface area (Å²) in [6.07, 6.45) is 7.14. The minimum absolute atomic E-state index is 0.0803. The molecule has 1 saturated carbocycles. The third-order valence-electron chi connectivity index (χ3n) is 6.48. The summed E-state index contributed by atoms with van der Waals surface area (Å²) in [4.78, 5) is 0. The van der Waals surface area contributed by atoms with Crippen molar-refractivity contribution in [2.45, 2.75) is 51.6 Å². The lowest BCUT2D eigenvalue weighted by molar-refractivity contribution is 0.189. The van der Waals surface area contributed by atoms with Crippen LogP contribution in [0.5, 0.6) is 0 Å². The number of aromatic nitrogens is 1. The van der Waals surface area contributed by atoms with E-state index in [1.165, 1.54) is 42.5 Å². The van der Waals surface area contributed by atoms with Gasteiger partial charge in [0.2, 0.25) is 5.88 Å². The molecule has 3 heteroatoms. The van der Waals surface area contributed by atoms with Crippen molar-refractivity contribution >= 4 is 0 Å². The molecule has 0 radical (unpaired) electrons. The summed E-state index contributed by atoms with van der Waals surface area (Å²) < 4.78 is 8.76. The van der Waals surface area contributed by atoms with Gasteiger partial charge in [-0.05, 0) is 50.7 Å². The van der Waals surface area contributed by atoms with Crippen LogP contribution < -0.4 is 5.32 Å². The molecule has 0 unspecified atom stereocenters. The van der Waals surface area contributed by atoms with Gasteiger partial charge in [-0.2, -0.15) is 0 Å². The number of rotatable bonds is 1. The maximum atomic E-state index is 6.47. The number of hydrogen-bond acceptors (Lipinski definition) is 2. The number of nitrogens with zero attached hydrogens (tertiary/aromatic N) is 1. The number of hydrogen-bond donors (Lipinski definition) is 1. The van der Waals surface area contributed by atoms with Crippen LogP contribution in [0, 0.1) is 12.8 Å². The maximum absolute atomic E-state index is 6.47. The van der Waals surface area contributed by atoms with Gasteiger partial charge in [-0.15, -0.1) is 0 Å². The molecule has 1 spiro atoms. The van der Waals surface area contributed by atoms with E-state index >= 15 is 0 Å². The largest absolute Gasteiger partial charge is 0.439 e. The van der Waals surface area contributed by atoms with E-state index in [0.29, 0.717) is 0 Å². The fraction of sp³-hybridized carbons (Fsp3) is 0.391. The third kappa shape index (κ3) is 2.30. The van der Waals surface area contributed by atoms with Crippen LogP contribution in [0.3, 0.4) is 0 Å². The van der Waals surface area contributed by atoms with Crippen LogP contribution in [0.25, 0.3) is 17.2 Å². The normalized spacial score (nSPS) is 24.9. The van der Waals surface area contributed by atoms with Gasteiger partial charge in [0.15, 0.2) is 0 Å². The van der Waals surface area contributed by atoms with E-state index in [0.717, 1.165) is 29.7 Å². The molecule has 5 rings (SSSR count). The highest BCUT2D eigenvalue weighted by molar-refractivity contribution is 5.66. The molecule has 26 heavy (non-hydrogen) atoms. The van der Waals surface area contributed by atoms with E-state index < -0.39 is 0 Å². The van der Waals surface area contributed by atoms with Gasteiger partial charge in [-0.1, -0.05) is 37.3 Å². The molecule has 1 aromatic carbocycles. The summed E-state index contributed by atoms with van der Waals surface area (Å²) in [5.74, 6) is 2.81. The minimum Gasteiger partial charge on any atom is -0.439 e. The zero-order valence-electron chi connectivity index (χ0n) is 15.6. The first kappa shape index (κ1) is 16.0. The summed E-state index contributed by atoms with van der Waals surface area (Å²) in [5, 5.41) is 3.94. The first-order valence-electron chi connectivity index (χ1n) is 9.79. The van der Waals surface area contributed by atoms with Crippen LogP contribution in [-0.2, 0) is 12.1 Å². The average Bonchev–Trinajstić information content (AvgIpc) is 3.25. The predicted octanol–water partition coefficient (Wildman–Crippen LogP) is 5.55. The minimum atomic E-state index is 0.0803. The van der Waals surface area contributed by atoms with Crippen LogP contribution in [0.4, 0.5) is 0 Å². The standard InChI is InChI=1S/C23H26N2O/c1-16-10-12-23(13-11-16)20-9-6-14-25(20)22-19(15-24-23)17(2)21(26-22)18-7-4-3-5-8-18/h3-9,14,16,24H,10-13,15H2,1-2H3. The second kappa shape index (κ2) is 5.88. The lowest BCUT2D eigenvalue weighted by atomic mass is 9.75. The summed E-state index contributed by atoms with van der Waals surface area (Å²) in [6.45, 7) is 5.44. The summed E-state index contributed by atoms with van der Waals surface area (Å²) in [7, 11) is 0. The molecular formula is C23H26N2O. The highest BCUT2D eigenvalue weighted by atomic mass is 16.4. The molecule has 0 atom stereocenters. The van der Waals surface area contributed by atoms with E-state index in [1.54, 1.807) is 0 Å². The highest BCUT2D eigenvalue weighted by Gasteiger charge is 2.40. The van der Waals surface area contributed by atoms with Crippen LogP contribution in [0.1, 0.15) is 49.4 Å². The molecule has 0 saturated heterocycles. The maximum Gasteiger partial charge on any atom is 0.209 e. The van der Waals surface area contributed by atoms with Gasteiger partial charge in [0, 0.05) is 35.1 Å². The Labute approximate surface area is 155 Å². The predicted molar refractivity (Wildman–Crippen MR) is 104 cm³/mol. The van der Waals surface area contributed by atoms with E-state index in [2.05, 4.69) is 66.3 Å². The second-order valence-corrected chi connectivity index (χ2v) is 8.09. The Hall–Kier alpha value is -2.26. The topological polar surface area (TPSA) is 30.1 Å². The van der Waals surface area contributed by atoms with Gasteiger partial charge in [0.05, 0.1) is 5.54 Å². The zero-order valence-corrected chi connectivity index (χ0v) is 15.6. The van der Waals surface area contributed by atoms with Crippen molar-refractivity contribution in [3.05, 3.63) is 65.5 Å². The first-order chi connectivity index (χ1) is 12.7. The molecule has 1 N–H and O–H groups in total. The molecule has 0 bridgehead atoms. The smallest absolute Gasteiger partial charge is 0.209 e. The second-order valence-electron chi connectivity index (χ2n) is 8.09. The first-order valence-corrected chi connectivity index (χ1v) is 9.79.